The number of hydrogen-bond donors (Lipinski definition) is 3. The second-order valence-corrected chi connectivity index (χ2v) is 6.08. The van der Waals surface area contributed by atoms with E-state index in [-0.39, 0.29) is 18.0 Å². The van der Waals surface area contributed by atoms with Crippen LogP contribution in [-0.2, 0) is 4.79 Å². The Hall–Kier alpha value is -1.30. The minimum atomic E-state index is -0.211. The molecule has 0 rings (SSSR count). The van der Waals surface area contributed by atoms with Crippen molar-refractivity contribution < 1.29 is 4.79 Å². The molecule has 0 saturated carbocycles. The molecule has 0 aliphatic heterocycles. The standard InChI is InChI=1S/C15H33N5O/c1-7-10-20(8-2)11-9-17-14(16-6)18-12-13(21)19-15(3,4)5/h7-12H2,1-6H3,(H,19,21)(H2,16,17,18). The molecule has 21 heavy (non-hydrogen) atoms. The van der Waals surface area contributed by atoms with E-state index in [4.69, 9.17) is 0 Å². The van der Waals surface area contributed by atoms with Crippen molar-refractivity contribution in [2.24, 2.45) is 4.99 Å². The lowest BCUT2D eigenvalue weighted by Gasteiger charge is -2.22. The number of likely N-dealkylation sites (N-methyl/N-ethyl adjacent to an activating group) is 1. The molecule has 124 valence electrons. The minimum absolute atomic E-state index is 0.0355. The second kappa shape index (κ2) is 10.4. The van der Waals surface area contributed by atoms with Crippen LogP contribution >= 0.6 is 0 Å². The smallest absolute Gasteiger partial charge is 0.239 e. The Morgan fingerprint density at radius 2 is 1.81 bits per heavy atom. The van der Waals surface area contributed by atoms with Gasteiger partial charge in [0.25, 0.3) is 0 Å². The van der Waals surface area contributed by atoms with Crippen LogP contribution in [0.15, 0.2) is 4.99 Å². The molecule has 6 nitrogen and oxygen atoms in total. The first-order chi connectivity index (χ1) is 9.82. The number of hydrogen-bond acceptors (Lipinski definition) is 3. The summed E-state index contributed by atoms with van der Waals surface area (Å²) in [7, 11) is 1.71. The fourth-order valence-electron chi connectivity index (χ4n) is 1.92. The van der Waals surface area contributed by atoms with Gasteiger partial charge in [0, 0.05) is 25.7 Å². The highest BCUT2D eigenvalue weighted by Crippen LogP contribution is 1.97. The SMILES string of the molecule is CCCN(CC)CCNC(=NC)NCC(=O)NC(C)(C)C. The predicted octanol–water partition coefficient (Wildman–Crippen LogP) is 0.798. The average Bonchev–Trinajstić information content (AvgIpc) is 2.39. The Morgan fingerprint density at radius 1 is 1.14 bits per heavy atom. The first kappa shape index (κ1) is 19.7. The Bertz CT molecular complexity index is 323. The van der Waals surface area contributed by atoms with Crippen molar-refractivity contribution in [2.75, 3.05) is 39.8 Å². The molecule has 0 aliphatic carbocycles. The molecule has 0 fully saturated rings. The van der Waals surface area contributed by atoms with E-state index in [1.807, 2.05) is 20.8 Å². The van der Waals surface area contributed by atoms with E-state index in [9.17, 15) is 4.79 Å². The molecule has 1 amide bonds. The summed E-state index contributed by atoms with van der Waals surface area (Å²) in [5, 5.41) is 9.16. The lowest BCUT2D eigenvalue weighted by atomic mass is 10.1. The molecular weight excluding hydrogens is 266 g/mol. The number of nitrogens with zero attached hydrogens (tertiary/aromatic N) is 2. The summed E-state index contributed by atoms with van der Waals surface area (Å²) < 4.78 is 0. The van der Waals surface area contributed by atoms with Crippen LogP contribution in [0.25, 0.3) is 0 Å². The van der Waals surface area contributed by atoms with Gasteiger partial charge in [0.15, 0.2) is 5.96 Å². The molecule has 0 radical (unpaired) electrons. The van der Waals surface area contributed by atoms with E-state index in [0.29, 0.717) is 5.96 Å². The number of amides is 1. The number of guanidine groups is 1. The van der Waals surface area contributed by atoms with Gasteiger partial charge in [0.1, 0.15) is 0 Å². The van der Waals surface area contributed by atoms with E-state index in [0.717, 1.165) is 32.6 Å². The Kier molecular flexibility index (Phi) is 9.78. The Labute approximate surface area is 129 Å². The zero-order chi connectivity index (χ0) is 16.3. The topological polar surface area (TPSA) is 68.8 Å². The highest BCUT2D eigenvalue weighted by atomic mass is 16.2. The van der Waals surface area contributed by atoms with Crippen LogP contribution in [0.2, 0.25) is 0 Å². The van der Waals surface area contributed by atoms with E-state index < -0.39 is 0 Å². The molecule has 6 heteroatoms. The maximum atomic E-state index is 11.7. The van der Waals surface area contributed by atoms with Gasteiger partial charge in [0.2, 0.25) is 5.91 Å². The first-order valence-electron chi connectivity index (χ1n) is 7.80. The molecule has 0 aromatic heterocycles. The van der Waals surface area contributed by atoms with Crippen molar-refractivity contribution in [3.63, 3.8) is 0 Å². The van der Waals surface area contributed by atoms with Crippen LogP contribution in [0, 0.1) is 0 Å². The maximum Gasteiger partial charge on any atom is 0.239 e. The van der Waals surface area contributed by atoms with E-state index in [1.54, 1.807) is 7.05 Å². The summed E-state index contributed by atoms with van der Waals surface area (Å²) in [5.74, 6) is 0.623. The number of rotatable bonds is 8. The van der Waals surface area contributed by atoms with Crippen molar-refractivity contribution >= 4 is 11.9 Å². The fraction of sp³-hybridized carbons (Fsp3) is 0.867. The van der Waals surface area contributed by atoms with Gasteiger partial charge < -0.3 is 20.9 Å². The molecule has 0 aromatic carbocycles. The summed E-state index contributed by atoms with van der Waals surface area (Å²) in [5.41, 5.74) is -0.211. The third-order valence-corrected chi connectivity index (χ3v) is 2.86. The summed E-state index contributed by atoms with van der Waals surface area (Å²) in [6.45, 7) is 14.4. The molecule has 0 heterocycles. The lowest BCUT2D eigenvalue weighted by molar-refractivity contribution is -0.121. The molecule has 0 bridgehead atoms. The van der Waals surface area contributed by atoms with Crippen molar-refractivity contribution in [3.05, 3.63) is 0 Å². The molecule has 0 atom stereocenters. The normalized spacial score (nSPS) is 12.4. The van der Waals surface area contributed by atoms with Gasteiger partial charge in [-0.1, -0.05) is 13.8 Å². The minimum Gasteiger partial charge on any atom is -0.355 e. The third kappa shape index (κ3) is 11.1. The molecular formula is C15H33N5O. The number of carbonyl (C=O) groups is 1. The van der Waals surface area contributed by atoms with E-state index in [2.05, 4.69) is 39.7 Å². The Balaban J connectivity index is 3.99. The van der Waals surface area contributed by atoms with Gasteiger partial charge in [-0.05, 0) is 40.3 Å². The number of aliphatic imine (C=N–C) groups is 1. The summed E-state index contributed by atoms with van der Waals surface area (Å²) in [6, 6.07) is 0. The van der Waals surface area contributed by atoms with Gasteiger partial charge in [-0.15, -0.1) is 0 Å². The monoisotopic (exact) mass is 299 g/mol. The van der Waals surface area contributed by atoms with E-state index >= 15 is 0 Å². The maximum absolute atomic E-state index is 11.7. The average molecular weight is 299 g/mol. The van der Waals surface area contributed by atoms with Crippen LogP contribution in [0.4, 0.5) is 0 Å². The van der Waals surface area contributed by atoms with Crippen LogP contribution in [0.1, 0.15) is 41.0 Å². The molecule has 0 aromatic rings. The zero-order valence-electron chi connectivity index (χ0n) is 14.5. The molecule has 0 spiro atoms. The van der Waals surface area contributed by atoms with Crippen molar-refractivity contribution in [2.45, 2.75) is 46.6 Å². The van der Waals surface area contributed by atoms with Gasteiger partial charge in [0.05, 0.1) is 6.54 Å². The molecule has 0 aliphatic rings. The molecule has 0 unspecified atom stereocenters. The van der Waals surface area contributed by atoms with Gasteiger partial charge in [-0.25, -0.2) is 0 Å². The first-order valence-corrected chi connectivity index (χ1v) is 7.80. The highest BCUT2D eigenvalue weighted by molar-refractivity contribution is 5.86. The van der Waals surface area contributed by atoms with Crippen molar-refractivity contribution in [3.8, 4) is 0 Å². The number of nitrogens with one attached hydrogen (secondary N) is 3. The predicted molar refractivity (Wildman–Crippen MR) is 89.7 cm³/mol. The summed E-state index contributed by atoms with van der Waals surface area (Å²) in [4.78, 5) is 18.2. The van der Waals surface area contributed by atoms with Crippen LogP contribution in [-0.4, -0.2) is 62.1 Å². The largest absolute Gasteiger partial charge is 0.355 e. The molecule has 3 N–H and O–H groups in total. The summed E-state index contributed by atoms with van der Waals surface area (Å²) >= 11 is 0. The van der Waals surface area contributed by atoms with Gasteiger partial charge in [-0.3, -0.25) is 9.79 Å². The Morgan fingerprint density at radius 3 is 2.29 bits per heavy atom. The number of carbonyl (C=O) groups excluding carboxylic acids is 1. The fourth-order valence-corrected chi connectivity index (χ4v) is 1.92. The second-order valence-electron chi connectivity index (χ2n) is 6.08. The van der Waals surface area contributed by atoms with Crippen LogP contribution < -0.4 is 16.0 Å². The third-order valence-electron chi connectivity index (χ3n) is 2.86. The molecule has 0 saturated heterocycles. The summed E-state index contributed by atoms with van der Waals surface area (Å²) in [6.07, 6.45) is 1.16. The highest BCUT2D eigenvalue weighted by Gasteiger charge is 2.13. The van der Waals surface area contributed by atoms with Gasteiger partial charge >= 0.3 is 0 Å². The van der Waals surface area contributed by atoms with E-state index in [1.165, 1.54) is 0 Å². The van der Waals surface area contributed by atoms with Crippen LogP contribution in [0.5, 0.6) is 0 Å². The lowest BCUT2D eigenvalue weighted by Crippen LogP contribution is -2.49. The van der Waals surface area contributed by atoms with Crippen LogP contribution in [0.3, 0.4) is 0 Å². The van der Waals surface area contributed by atoms with Gasteiger partial charge in [-0.2, -0.15) is 0 Å². The quantitative estimate of drug-likeness (QED) is 0.458. The zero-order valence-corrected chi connectivity index (χ0v) is 14.5. The van der Waals surface area contributed by atoms with Crippen molar-refractivity contribution in [1.29, 1.82) is 0 Å². The van der Waals surface area contributed by atoms with Crippen molar-refractivity contribution in [1.82, 2.24) is 20.9 Å².